The number of nitrogens with one attached hydrogen (secondary N) is 2. The van der Waals surface area contributed by atoms with Crippen LogP contribution in [0, 0.1) is 5.92 Å². The predicted molar refractivity (Wildman–Crippen MR) is 130 cm³/mol. The normalized spacial score (nSPS) is 20.9. The highest BCUT2D eigenvalue weighted by Crippen LogP contribution is 2.47. The maximum Gasteiger partial charge on any atom is 0.191 e. The van der Waals surface area contributed by atoms with Gasteiger partial charge in [0.15, 0.2) is 5.96 Å². The first-order valence-electron chi connectivity index (χ1n) is 10.6. The van der Waals surface area contributed by atoms with Crippen LogP contribution in [0.5, 0.6) is 0 Å². The quantitative estimate of drug-likeness (QED) is 0.328. The highest BCUT2D eigenvalue weighted by molar-refractivity contribution is 14.0. The molecule has 0 amide bonds. The van der Waals surface area contributed by atoms with Crippen LogP contribution in [-0.4, -0.2) is 75.2 Å². The van der Waals surface area contributed by atoms with Crippen LogP contribution in [0.25, 0.3) is 0 Å². The standard InChI is InChI=1S/C22H37N5.HI/c1-4-26-12-14-27(15-13-26)17-19(2)16-24-21(23-3)25-18-22(10-11-22)20-8-6-5-7-9-20;/h5-9,19H,4,10-18H2,1-3H3,(H2,23,24,25);1H. The Labute approximate surface area is 188 Å². The lowest BCUT2D eigenvalue weighted by Gasteiger charge is -2.35. The fourth-order valence-corrected chi connectivity index (χ4v) is 4.05. The molecule has 1 aromatic carbocycles. The second kappa shape index (κ2) is 11.4. The molecule has 1 aliphatic heterocycles. The molecule has 1 aliphatic carbocycles. The number of benzene rings is 1. The summed E-state index contributed by atoms with van der Waals surface area (Å²) in [6.07, 6.45) is 2.53. The topological polar surface area (TPSA) is 42.9 Å². The van der Waals surface area contributed by atoms with Crippen LogP contribution in [-0.2, 0) is 5.41 Å². The summed E-state index contributed by atoms with van der Waals surface area (Å²) >= 11 is 0. The van der Waals surface area contributed by atoms with Crippen molar-refractivity contribution in [1.29, 1.82) is 0 Å². The molecule has 6 heteroatoms. The van der Waals surface area contributed by atoms with E-state index in [0.717, 1.165) is 25.6 Å². The average Bonchev–Trinajstić information content (AvgIpc) is 3.50. The summed E-state index contributed by atoms with van der Waals surface area (Å²) in [5.74, 6) is 1.54. The predicted octanol–water partition coefficient (Wildman–Crippen LogP) is 2.77. The van der Waals surface area contributed by atoms with Gasteiger partial charge in [0.2, 0.25) is 0 Å². The van der Waals surface area contributed by atoms with E-state index in [4.69, 9.17) is 0 Å². The van der Waals surface area contributed by atoms with E-state index in [0.29, 0.717) is 11.3 Å². The fourth-order valence-electron chi connectivity index (χ4n) is 4.05. The molecule has 3 rings (SSSR count). The van der Waals surface area contributed by atoms with Crippen LogP contribution in [0.2, 0.25) is 0 Å². The van der Waals surface area contributed by atoms with E-state index in [-0.39, 0.29) is 24.0 Å². The van der Waals surface area contributed by atoms with E-state index in [1.54, 1.807) is 0 Å². The Morgan fingerprint density at radius 2 is 1.71 bits per heavy atom. The first-order valence-corrected chi connectivity index (χ1v) is 10.6. The zero-order valence-corrected chi connectivity index (χ0v) is 20.1. The van der Waals surface area contributed by atoms with Gasteiger partial charge >= 0.3 is 0 Å². The van der Waals surface area contributed by atoms with Gasteiger partial charge in [0.25, 0.3) is 0 Å². The summed E-state index contributed by atoms with van der Waals surface area (Å²) in [6, 6.07) is 10.9. The summed E-state index contributed by atoms with van der Waals surface area (Å²) in [5, 5.41) is 7.09. The van der Waals surface area contributed by atoms with E-state index in [1.165, 1.54) is 51.1 Å². The van der Waals surface area contributed by atoms with Gasteiger partial charge in [-0.2, -0.15) is 0 Å². The van der Waals surface area contributed by atoms with Crippen molar-refractivity contribution in [2.45, 2.75) is 32.1 Å². The molecule has 0 radical (unpaired) electrons. The Morgan fingerprint density at radius 1 is 1.07 bits per heavy atom. The van der Waals surface area contributed by atoms with Crippen molar-refractivity contribution in [3.05, 3.63) is 35.9 Å². The minimum atomic E-state index is 0. The van der Waals surface area contributed by atoms with Gasteiger partial charge in [-0.1, -0.05) is 44.2 Å². The van der Waals surface area contributed by atoms with Crippen molar-refractivity contribution in [3.8, 4) is 0 Å². The molecule has 1 saturated carbocycles. The molecule has 0 bridgehead atoms. The third-order valence-electron chi connectivity index (χ3n) is 6.16. The molecule has 28 heavy (non-hydrogen) atoms. The summed E-state index contributed by atoms with van der Waals surface area (Å²) in [4.78, 5) is 9.56. The molecule has 0 aromatic heterocycles. The van der Waals surface area contributed by atoms with Crippen LogP contribution in [0.1, 0.15) is 32.3 Å². The van der Waals surface area contributed by atoms with E-state index in [1.807, 2.05) is 7.05 Å². The first kappa shape index (κ1) is 23.4. The third kappa shape index (κ3) is 6.59. The Balaban J connectivity index is 0.00000280. The Kier molecular flexibility index (Phi) is 9.50. The minimum Gasteiger partial charge on any atom is -0.356 e. The summed E-state index contributed by atoms with van der Waals surface area (Å²) in [6.45, 7) is 13.7. The number of likely N-dealkylation sites (N-methyl/N-ethyl adjacent to an activating group) is 1. The summed E-state index contributed by atoms with van der Waals surface area (Å²) < 4.78 is 0. The second-order valence-electron chi connectivity index (χ2n) is 8.29. The van der Waals surface area contributed by atoms with E-state index in [2.05, 4.69) is 69.6 Å². The molecular weight excluding hydrogens is 461 g/mol. The number of hydrogen-bond donors (Lipinski definition) is 2. The number of guanidine groups is 1. The smallest absolute Gasteiger partial charge is 0.191 e. The zero-order chi connectivity index (χ0) is 19.1. The van der Waals surface area contributed by atoms with E-state index >= 15 is 0 Å². The Bertz CT molecular complexity index is 594. The number of aliphatic imine (C=N–C) groups is 1. The molecule has 2 aliphatic rings. The van der Waals surface area contributed by atoms with E-state index in [9.17, 15) is 0 Å². The molecule has 2 N–H and O–H groups in total. The Hall–Kier alpha value is -0.860. The summed E-state index contributed by atoms with van der Waals surface area (Å²) in [5.41, 5.74) is 1.76. The van der Waals surface area contributed by atoms with Gasteiger partial charge in [-0.15, -0.1) is 24.0 Å². The van der Waals surface area contributed by atoms with Crippen LogP contribution in [0.4, 0.5) is 0 Å². The summed E-state index contributed by atoms with van der Waals surface area (Å²) in [7, 11) is 1.87. The molecule has 1 heterocycles. The lowest BCUT2D eigenvalue weighted by molar-refractivity contribution is 0.124. The van der Waals surface area contributed by atoms with Gasteiger partial charge in [-0.3, -0.25) is 4.99 Å². The van der Waals surface area contributed by atoms with Crippen LogP contribution >= 0.6 is 24.0 Å². The first-order chi connectivity index (χ1) is 13.1. The monoisotopic (exact) mass is 499 g/mol. The minimum absolute atomic E-state index is 0. The van der Waals surface area contributed by atoms with Crippen LogP contribution < -0.4 is 10.6 Å². The molecule has 1 atom stereocenters. The zero-order valence-electron chi connectivity index (χ0n) is 17.8. The molecule has 2 fully saturated rings. The van der Waals surface area contributed by atoms with Crippen molar-refractivity contribution in [1.82, 2.24) is 20.4 Å². The Morgan fingerprint density at radius 3 is 2.29 bits per heavy atom. The lowest BCUT2D eigenvalue weighted by atomic mass is 9.96. The average molecular weight is 499 g/mol. The van der Waals surface area contributed by atoms with Gasteiger partial charge in [-0.05, 0) is 30.9 Å². The largest absolute Gasteiger partial charge is 0.356 e. The second-order valence-corrected chi connectivity index (χ2v) is 8.29. The maximum atomic E-state index is 4.43. The van der Waals surface area contributed by atoms with Gasteiger partial charge in [0.1, 0.15) is 0 Å². The van der Waals surface area contributed by atoms with E-state index < -0.39 is 0 Å². The van der Waals surface area contributed by atoms with Crippen molar-refractivity contribution in [2.75, 3.05) is 59.4 Å². The number of hydrogen-bond acceptors (Lipinski definition) is 3. The van der Waals surface area contributed by atoms with Crippen molar-refractivity contribution < 1.29 is 0 Å². The number of nitrogens with zero attached hydrogens (tertiary/aromatic N) is 3. The van der Waals surface area contributed by atoms with Crippen molar-refractivity contribution >= 4 is 29.9 Å². The highest BCUT2D eigenvalue weighted by atomic mass is 127. The molecular formula is C22H38IN5. The molecule has 1 aromatic rings. The van der Waals surface area contributed by atoms with Gasteiger partial charge < -0.3 is 20.4 Å². The van der Waals surface area contributed by atoms with Gasteiger partial charge in [0, 0.05) is 58.3 Å². The maximum absolute atomic E-state index is 4.43. The van der Waals surface area contributed by atoms with Crippen molar-refractivity contribution in [2.24, 2.45) is 10.9 Å². The van der Waals surface area contributed by atoms with Crippen molar-refractivity contribution in [3.63, 3.8) is 0 Å². The molecule has 1 saturated heterocycles. The van der Waals surface area contributed by atoms with Crippen LogP contribution in [0.3, 0.4) is 0 Å². The highest BCUT2D eigenvalue weighted by Gasteiger charge is 2.44. The van der Waals surface area contributed by atoms with Crippen LogP contribution in [0.15, 0.2) is 35.3 Å². The molecule has 158 valence electrons. The molecule has 0 spiro atoms. The number of halogens is 1. The van der Waals surface area contributed by atoms with Gasteiger partial charge in [-0.25, -0.2) is 0 Å². The SMILES string of the molecule is CCN1CCN(CC(C)CNC(=NC)NCC2(c3ccccc3)CC2)CC1.I. The lowest BCUT2D eigenvalue weighted by Crippen LogP contribution is -2.49. The molecule has 1 unspecified atom stereocenters. The number of piperazine rings is 1. The fraction of sp³-hybridized carbons (Fsp3) is 0.682. The molecule has 5 nitrogen and oxygen atoms in total. The van der Waals surface area contributed by atoms with Gasteiger partial charge in [0.05, 0.1) is 0 Å². The number of rotatable bonds is 8. The third-order valence-corrected chi connectivity index (χ3v) is 6.16.